The Hall–Kier alpha value is -2.36. The number of anilines is 2. The number of hydrogen-bond acceptors (Lipinski definition) is 3. The van der Waals surface area contributed by atoms with Crippen LogP contribution in [0.5, 0.6) is 0 Å². The van der Waals surface area contributed by atoms with E-state index in [2.05, 4.69) is 29.4 Å². The molecule has 0 atom stereocenters. The molecule has 0 bridgehead atoms. The van der Waals surface area contributed by atoms with E-state index >= 15 is 0 Å². The summed E-state index contributed by atoms with van der Waals surface area (Å²) in [5.41, 5.74) is 4.70. The Morgan fingerprint density at radius 2 is 1.79 bits per heavy atom. The fourth-order valence-corrected chi connectivity index (χ4v) is 2.10. The number of rotatable bonds is 3. The molecule has 2 rings (SSSR count). The van der Waals surface area contributed by atoms with Crippen LogP contribution >= 0.6 is 0 Å². The van der Waals surface area contributed by atoms with Crippen LogP contribution in [-0.2, 0) is 0 Å². The second-order valence-corrected chi connectivity index (χ2v) is 4.64. The Morgan fingerprint density at radius 1 is 1.16 bits per heavy atom. The first-order chi connectivity index (χ1) is 8.97. The molecule has 1 aromatic heterocycles. The number of aryl methyl sites for hydroxylation is 3. The minimum Gasteiger partial charge on any atom is -0.478 e. The van der Waals surface area contributed by atoms with Crippen LogP contribution in [0.2, 0.25) is 0 Å². The van der Waals surface area contributed by atoms with Gasteiger partial charge >= 0.3 is 5.97 Å². The molecule has 0 aliphatic heterocycles. The van der Waals surface area contributed by atoms with E-state index in [1.54, 1.807) is 6.07 Å². The van der Waals surface area contributed by atoms with Crippen molar-refractivity contribution in [2.75, 3.05) is 5.32 Å². The average molecular weight is 256 g/mol. The van der Waals surface area contributed by atoms with Crippen LogP contribution in [0.1, 0.15) is 27.0 Å². The van der Waals surface area contributed by atoms with Gasteiger partial charge in [-0.15, -0.1) is 0 Å². The van der Waals surface area contributed by atoms with Gasteiger partial charge in [0, 0.05) is 11.9 Å². The van der Waals surface area contributed by atoms with Crippen molar-refractivity contribution in [2.45, 2.75) is 20.8 Å². The van der Waals surface area contributed by atoms with Crippen molar-refractivity contribution in [1.82, 2.24) is 4.98 Å². The number of aromatic carboxylic acids is 1. The fraction of sp³-hybridized carbons (Fsp3) is 0.200. The summed E-state index contributed by atoms with van der Waals surface area (Å²) in [4.78, 5) is 14.9. The third-order valence-electron chi connectivity index (χ3n) is 2.94. The molecular formula is C15H16N2O2. The van der Waals surface area contributed by atoms with Gasteiger partial charge in [-0.05, 0) is 44.0 Å². The van der Waals surface area contributed by atoms with Crippen LogP contribution in [0, 0.1) is 20.8 Å². The van der Waals surface area contributed by atoms with Gasteiger partial charge in [-0.25, -0.2) is 9.78 Å². The van der Waals surface area contributed by atoms with E-state index in [1.807, 2.05) is 13.8 Å². The topological polar surface area (TPSA) is 62.2 Å². The Labute approximate surface area is 112 Å². The van der Waals surface area contributed by atoms with Gasteiger partial charge in [0.2, 0.25) is 0 Å². The number of carboxylic acids is 1. The highest BCUT2D eigenvalue weighted by Gasteiger charge is 2.06. The number of nitrogens with zero attached hydrogens (tertiary/aromatic N) is 1. The maximum Gasteiger partial charge on any atom is 0.337 e. The van der Waals surface area contributed by atoms with Crippen molar-refractivity contribution in [2.24, 2.45) is 0 Å². The van der Waals surface area contributed by atoms with Gasteiger partial charge in [-0.1, -0.05) is 17.7 Å². The molecule has 0 aliphatic rings. The van der Waals surface area contributed by atoms with E-state index in [0.29, 0.717) is 5.82 Å². The number of nitrogens with one attached hydrogen (secondary N) is 1. The number of carbonyl (C=O) groups is 1. The minimum atomic E-state index is -0.971. The number of benzene rings is 1. The molecule has 0 saturated carbocycles. The van der Waals surface area contributed by atoms with Crippen LogP contribution in [0.4, 0.5) is 11.5 Å². The van der Waals surface area contributed by atoms with E-state index in [9.17, 15) is 4.79 Å². The van der Waals surface area contributed by atoms with Crippen LogP contribution in [0.15, 0.2) is 30.5 Å². The largest absolute Gasteiger partial charge is 0.478 e. The molecule has 4 heteroatoms. The Morgan fingerprint density at radius 3 is 2.26 bits per heavy atom. The summed E-state index contributed by atoms with van der Waals surface area (Å²) in [5, 5.41) is 12.1. The van der Waals surface area contributed by atoms with Crippen LogP contribution in [0.3, 0.4) is 0 Å². The average Bonchev–Trinajstić information content (AvgIpc) is 2.34. The second kappa shape index (κ2) is 5.10. The molecular weight excluding hydrogens is 240 g/mol. The summed E-state index contributed by atoms with van der Waals surface area (Å²) >= 11 is 0. The lowest BCUT2D eigenvalue weighted by atomic mass is 10.1. The lowest BCUT2D eigenvalue weighted by Crippen LogP contribution is -2.01. The van der Waals surface area contributed by atoms with Gasteiger partial charge in [0.15, 0.2) is 0 Å². The molecule has 0 unspecified atom stereocenters. The van der Waals surface area contributed by atoms with Gasteiger partial charge in [0.25, 0.3) is 0 Å². The van der Waals surface area contributed by atoms with E-state index in [1.165, 1.54) is 17.8 Å². The number of hydrogen-bond donors (Lipinski definition) is 2. The van der Waals surface area contributed by atoms with Crippen molar-refractivity contribution < 1.29 is 9.90 Å². The Bertz CT molecular complexity index is 596. The quantitative estimate of drug-likeness (QED) is 0.883. The molecule has 2 aromatic rings. The first-order valence-electron chi connectivity index (χ1n) is 6.01. The second-order valence-electron chi connectivity index (χ2n) is 4.64. The summed E-state index contributed by atoms with van der Waals surface area (Å²) in [6, 6.07) is 7.40. The van der Waals surface area contributed by atoms with Crippen molar-refractivity contribution in [3.63, 3.8) is 0 Å². The molecule has 0 aliphatic carbocycles. The maximum atomic E-state index is 10.8. The molecule has 0 radical (unpaired) electrons. The molecule has 0 amide bonds. The minimum absolute atomic E-state index is 0.183. The Kier molecular flexibility index (Phi) is 3.51. The van der Waals surface area contributed by atoms with Crippen LogP contribution in [0.25, 0.3) is 0 Å². The number of aromatic nitrogens is 1. The summed E-state index contributed by atoms with van der Waals surface area (Å²) in [5.74, 6) is -0.332. The van der Waals surface area contributed by atoms with Gasteiger partial charge < -0.3 is 10.4 Å². The fourth-order valence-electron chi connectivity index (χ4n) is 2.10. The molecule has 1 heterocycles. The molecule has 98 valence electrons. The predicted molar refractivity (Wildman–Crippen MR) is 75.1 cm³/mol. The standard InChI is InChI=1S/C15H16N2O2/c1-9-6-10(2)14(11(3)7-9)17-13-5-4-12(8-16-13)15(18)19/h4-8H,1-3H3,(H,16,17)(H,18,19). The summed E-state index contributed by atoms with van der Waals surface area (Å²) < 4.78 is 0. The Balaban J connectivity index is 2.29. The van der Waals surface area contributed by atoms with E-state index in [-0.39, 0.29) is 5.56 Å². The van der Waals surface area contributed by atoms with Crippen molar-refractivity contribution >= 4 is 17.5 Å². The van der Waals surface area contributed by atoms with Gasteiger partial charge in [-0.2, -0.15) is 0 Å². The molecule has 0 fully saturated rings. The monoisotopic (exact) mass is 256 g/mol. The third-order valence-corrected chi connectivity index (χ3v) is 2.94. The van der Waals surface area contributed by atoms with Crippen LogP contribution in [-0.4, -0.2) is 16.1 Å². The lowest BCUT2D eigenvalue weighted by molar-refractivity contribution is 0.0696. The number of carboxylic acid groups (broad SMARTS) is 1. The molecule has 19 heavy (non-hydrogen) atoms. The number of pyridine rings is 1. The van der Waals surface area contributed by atoms with Gasteiger partial charge in [0.05, 0.1) is 5.56 Å². The van der Waals surface area contributed by atoms with E-state index in [4.69, 9.17) is 5.11 Å². The highest BCUT2D eigenvalue weighted by molar-refractivity contribution is 5.87. The zero-order valence-corrected chi connectivity index (χ0v) is 11.2. The van der Waals surface area contributed by atoms with Crippen LogP contribution < -0.4 is 5.32 Å². The van der Waals surface area contributed by atoms with Gasteiger partial charge in [-0.3, -0.25) is 0 Å². The van der Waals surface area contributed by atoms with Gasteiger partial charge in [0.1, 0.15) is 5.82 Å². The maximum absolute atomic E-state index is 10.8. The third kappa shape index (κ3) is 2.91. The molecule has 0 saturated heterocycles. The highest BCUT2D eigenvalue weighted by atomic mass is 16.4. The molecule has 1 aromatic carbocycles. The molecule has 4 nitrogen and oxygen atoms in total. The summed E-state index contributed by atoms with van der Waals surface area (Å²) in [7, 11) is 0. The van der Waals surface area contributed by atoms with E-state index < -0.39 is 5.97 Å². The normalized spacial score (nSPS) is 10.3. The van der Waals surface area contributed by atoms with Crippen molar-refractivity contribution in [3.8, 4) is 0 Å². The SMILES string of the molecule is Cc1cc(C)c(Nc2ccc(C(=O)O)cn2)c(C)c1. The lowest BCUT2D eigenvalue weighted by Gasteiger charge is -2.13. The summed E-state index contributed by atoms with van der Waals surface area (Å²) in [6.07, 6.45) is 1.35. The zero-order valence-electron chi connectivity index (χ0n) is 11.2. The smallest absolute Gasteiger partial charge is 0.337 e. The van der Waals surface area contributed by atoms with E-state index in [0.717, 1.165) is 16.8 Å². The molecule has 0 spiro atoms. The predicted octanol–water partition coefficient (Wildman–Crippen LogP) is 3.45. The van der Waals surface area contributed by atoms with Crippen molar-refractivity contribution in [1.29, 1.82) is 0 Å². The zero-order chi connectivity index (χ0) is 14.0. The first-order valence-corrected chi connectivity index (χ1v) is 6.01. The molecule has 2 N–H and O–H groups in total. The highest BCUT2D eigenvalue weighted by Crippen LogP contribution is 2.24. The summed E-state index contributed by atoms with van der Waals surface area (Å²) in [6.45, 7) is 6.13. The first kappa shape index (κ1) is 13.1. The van der Waals surface area contributed by atoms with Crippen molar-refractivity contribution in [3.05, 3.63) is 52.7 Å².